The summed E-state index contributed by atoms with van der Waals surface area (Å²) in [5.41, 5.74) is 2.91. The van der Waals surface area contributed by atoms with E-state index in [1.165, 1.54) is 5.56 Å². The standard InChI is InChI=1S/C15H17NO2S/c1-2-19(17,18)16-15-10-6-9-14(12-15)11-13-7-4-3-5-8-13/h3-10,12,16H,2,11H2,1H3. The molecule has 2 aromatic carbocycles. The van der Waals surface area contributed by atoms with E-state index in [0.717, 1.165) is 12.0 Å². The Bertz CT molecular complexity index is 636. The number of benzene rings is 2. The van der Waals surface area contributed by atoms with Crippen molar-refractivity contribution >= 4 is 15.7 Å². The van der Waals surface area contributed by atoms with E-state index >= 15 is 0 Å². The summed E-state index contributed by atoms with van der Waals surface area (Å²) in [7, 11) is -3.21. The SMILES string of the molecule is CCS(=O)(=O)Nc1cccc(Cc2ccccc2)c1. The Morgan fingerprint density at radius 1 is 0.947 bits per heavy atom. The maximum atomic E-state index is 11.5. The van der Waals surface area contributed by atoms with Crippen LogP contribution in [0.3, 0.4) is 0 Å². The van der Waals surface area contributed by atoms with Gasteiger partial charge in [0, 0.05) is 5.69 Å². The number of sulfonamides is 1. The molecule has 0 atom stereocenters. The fourth-order valence-corrected chi connectivity index (χ4v) is 2.46. The van der Waals surface area contributed by atoms with Gasteiger partial charge in [-0.1, -0.05) is 42.5 Å². The van der Waals surface area contributed by atoms with Gasteiger partial charge >= 0.3 is 0 Å². The minimum atomic E-state index is -3.21. The van der Waals surface area contributed by atoms with Crippen LogP contribution in [0, 0.1) is 0 Å². The lowest BCUT2D eigenvalue weighted by atomic mass is 10.0. The molecule has 100 valence electrons. The first-order valence-corrected chi connectivity index (χ1v) is 7.87. The predicted molar refractivity (Wildman–Crippen MR) is 78.8 cm³/mol. The Morgan fingerprint density at radius 3 is 2.32 bits per heavy atom. The highest BCUT2D eigenvalue weighted by Gasteiger charge is 2.06. The first kappa shape index (κ1) is 13.6. The van der Waals surface area contributed by atoms with Crippen molar-refractivity contribution in [3.8, 4) is 0 Å². The summed E-state index contributed by atoms with van der Waals surface area (Å²) in [5, 5.41) is 0. The largest absolute Gasteiger partial charge is 0.284 e. The van der Waals surface area contributed by atoms with Crippen molar-refractivity contribution in [2.24, 2.45) is 0 Å². The second kappa shape index (κ2) is 5.89. The van der Waals surface area contributed by atoms with Crippen molar-refractivity contribution in [3.05, 3.63) is 65.7 Å². The summed E-state index contributed by atoms with van der Waals surface area (Å²) in [5.74, 6) is 0.0793. The monoisotopic (exact) mass is 275 g/mol. The predicted octanol–water partition coefficient (Wildman–Crippen LogP) is 3.04. The van der Waals surface area contributed by atoms with Gasteiger partial charge in [-0.2, -0.15) is 0 Å². The summed E-state index contributed by atoms with van der Waals surface area (Å²) in [6.07, 6.45) is 0.794. The Kier molecular flexibility index (Phi) is 4.22. The second-order valence-corrected chi connectivity index (χ2v) is 6.38. The van der Waals surface area contributed by atoms with Gasteiger partial charge in [-0.3, -0.25) is 4.72 Å². The fourth-order valence-electron chi connectivity index (χ4n) is 1.83. The third kappa shape index (κ3) is 4.10. The molecule has 19 heavy (non-hydrogen) atoms. The normalized spacial score (nSPS) is 11.2. The van der Waals surface area contributed by atoms with Crippen LogP contribution in [0.4, 0.5) is 5.69 Å². The average Bonchev–Trinajstić information content (AvgIpc) is 2.40. The van der Waals surface area contributed by atoms with Crippen LogP contribution in [-0.4, -0.2) is 14.2 Å². The van der Waals surface area contributed by atoms with Gasteiger partial charge in [-0.05, 0) is 36.6 Å². The van der Waals surface area contributed by atoms with Crippen LogP contribution in [0.2, 0.25) is 0 Å². The molecule has 3 nitrogen and oxygen atoms in total. The maximum absolute atomic E-state index is 11.5. The van der Waals surface area contributed by atoms with E-state index in [4.69, 9.17) is 0 Å². The molecule has 0 unspecified atom stereocenters. The first-order chi connectivity index (χ1) is 9.09. The molecule has 0 fully saturated rings. The number of rotatable bonds is 5. The molecule has 0 aromatic heterocycles. The molecule has 0 amide bonds. The molecule has 0 aliphatic carbocycles. The number of hydrogen-bond donors (Lipinski definition) is 1. The van der Waals surface area contributed by atoms with Crippen molar-refractivity contribution in [2.75, 3.05) is 10.5 Å². The quantitative estimate of drug-likeness (QED) is 0.911. The lowest BCUT2D eigenvalue weighted by Crippen LogP contribution is -2.14. The molecule has 0 heterocycles. The van der Waals surface area contributed by atoms with E-state index in [1.54, 1.807) is 13.0 Å². The molecule has 1 N–H and O–H groups in total. The molecule has 0 bridgehead atoms. The highest BCUT2D eigenvalue weighted by Crippen LogP contribution is 2.15. The summed E-state index contributed by atoms with van der Waals surface area (Å²) in [4.78, 5) is 0. The van der Waals surface area contributed by atoms with Crippen molar-refractivity contribution in [2.45, 2.75) is 13.3 Å². The lowest BCUT2D eigenvalue weighted by molar-refractivity contribution is 0.602. The Hall–Kier alpha value is -1.81. The molecule has 0 spiro atoms. The van der Waals surface area contributed by atoms with Gasteiger partial charge in [-0.15, -0.1) is 0 Å². The zero-order valence-corrected chi connectivity index (χ0v) is 11.7. The van der Waals surface area contributed by atoms with Gasteiger partial charge in [0.1, 0.15) is 0 Å². The summed E-state index contributed by atoms with van der Waals surface area (Å²) >= 11 is 0. The summed E-state index contributed by atoms with van der Waals surface area (Å²) < 4.78 is 25.6. The molecule has 4 heteroatoms. The topological polar surface area (TPSA) is 46.2 Å². The highest BCUT2D eigenvalue weighted by atomic mass is 32.2. The van der Waals surface area contributed by atoms with E-state index in [-0.39, 0.29) is 5.75 Å². The van der Waals surface area contributed by atoms with Gasteiger partial charge in [-0.25, -0.2) is 8.42 Å². The van der Waals surface area contributed by atoms with Crippen molar-refractivity contribution < 1.29 is 8.42 Å². The molecule has 0 radical (unpaired) electrons. The van der Waals surface area contributed by atoms with Crippen LogP contribution < -0.4 is 4.72 Å². The Labute approximate surface area is 114 Å². The van der Waals surface area contributed by atoms with Crippen molar-refractivity contribution in [1.82, 2.24) is 0 Å². The van der Waals surface area contributed by atoms with Gasteiger partial charge in [0.25, 0.3) is 0 Å². The molecule has 2 aromatic rings. The van der Waals surface area contributed by atoms with Crippen LogP contribution in [0.5, 0.6) is 0 Å². The van der Waals surface area contributed by atoms with Crippen LogP contribution >= 0.6 is 0 Å². The van der Waals surface area contributed by atoms with Crippen LogP contribution in [-0.2, 0) is 16.4 Å². The van der Waals surface area contributed by atoms with E-state index < -0.39 is 10.0 Å². The van der Waals surface area contributed by atoms with E-state index in [2.05, 4.69) is 16.9 Å². The van der Waals surface area contributed by atoms with E-state index in [1.807, 2.05) is 36.4 Å². The van der Waals surface area contributed by atoms with E-state index in [9.17, 15) is 8.42 Å². The van der Waals surface area contributed by atoms with Crippen LogP contribution in [0.1, 0.15) is 18.1 Å². The smallest absolute Gasteiger partial charge is 0.232 e. The Balaban J connectivity index is 2.16. The van der Waals surface area contributed by atoms with Crippen molar-refractivity contribution in [3.63, 3.8) is 0 Å². The Morgan fingerprint density at radius 2 is 1.63 bits per heavy atom. The molecule has 0 saturated heterocycles. The third-order valence-corrected chi connectivity index (χ3v) is 4.14. The van der Waals surface area contributed by atoms with Crippen LogP contribution in [0.15, 0.2) is 54.6 Å². The molecule has 0 saturated carbocycles. The minimum Gasteiger partial charge on any atom is -0.284 e. The lowest BCUT2D eigenvalue weighted by Gasteiger charge is -2.08. The molecule has 0 aliphatic heterocycles. The molecular formula is C15H17NO2S. The van der Waals surface area contributed by atoms with Gasteiger partial charge in [0.15, 0.2) is 0 Å². The third-order valence-electron chi connectivity index (χ3n) is 2.83. The van der Waals surface area contributed by atoms with Gasteiger partial charge < -0.3 is 0 Å². The van der Waals surface area contributed by atoms with Crippen molar-refractivity contribution in [1.29, 1.82) is 0 Å². The maximum Gasteiger partial charge on any atom is 0.232 e. The fraction of sp³-hybridized carbons (Fsp3) is 0.200. The van der Waals surface area contributed by atoms with Gasteiger partial charge in [0.05, 0.1) is 5.75 Å². The number of nitrogens with one attached hydrogen (secondary N) is 1. The molecule has 2 rings (SSSR count). The summed E-state index contributed by atoms with van der Waals surface area (Å²) in [6.45, 7) is 1.62. The summed E-state index contributed by atoms with van der Waals surface area (Å²) in [6, 6.07) is 17.6. The highest BCUT2D eigenvalue weighted by molar-refractivity contribution is 7.92. The van der Waals surface area contributed by atoms with Crippen LogP contribution in [0.25, 0.3) is 0 Å². The first-order valence-electron chi connectivity index (χ1n) is 6.22. The average molecular weight is 275 g/mol. The number of hydrogen-bond acceptors (Lipinski definition) is 2. The molecular weight excluding hydrogens is 258 g/mol. The van der Waals surface area contributed by atoms with Gasteiger partial charge in [0.2, 0.25) is 10.0 Å². The zero-order chi connectivity index (χ0) is 13.7. The zero-order valence-electron chi connectivity index (χ0n) is 10.8. The molecule has 0 aliphatic rings. The number of anilines is 1. The van der Waals surface area contributed by atoms with E-state index in [0.29, 0.717) is 5.69 Å². The second-order valence-electron chi connectivity index (χ2n) is 4.37. The minimum absolute atomic E-state index is 0.0793.